The van der Waals surface area contributed by atoms with Gasteiger partial charge < -0.3 is 14.6 Å². The molecule has 0 aliphatic carbocycles. The van der Waals surface area contributed by atoms with Gasteiger partial charge >= 0.3 is 5.97 Å². The Kier molecular flexibility index (Phi) is 6.70. The maximum absolute atomic E-state index is 13.2. The van der Waals surface area contributed by atoms with Crippen molar-refractivity contribution in [3.8, 4) is 0 Å². The monoisotopic (exact) mass is 392 g/mol. The Morgan fingerprint density at radius 3 is 2.59 bits per heavy atom. The van der Waals surface area contributed by atoms with Crippen molar-refractivity contribution in [1.82, 2.24) is 4.57 Å². The third-order valence-corrected chi connectivity index (χ3v) is 4.97. The zero-order valence-electron chi connectivity index (χ0n) is 17.3. The van der Waals surface area contributed by atoms with Crippen molar-refractivity contribution in [2.45, 2.75) is 46.6 Å². The molecule has 1 amide bonds. The Bertz CT molecular complexity index is 1020. The first kappa shape index (κ1) is 20.6. The zero-order chi connectivity index (χ0) is 20.8. The first-order chi connectivity index (χ1) is 14.1. The number of fused-ring (bicyclic) bond motifs is 1. The van der Waals surface area contributed by atoms with Crippen LogP contribution in [0.4, 0.5) is 5.69 Å². The van der Waals surface area contributed by atoms with Crippen LogP contribution < -0.4 is 5.32 Å². The second kappa shape index (κ2) is 9.41. The van der Waals surface area contributed by atoms with Crippen molar-refractivity contribution in [3.05, 3.63) is 65.4 Å². The van der Waals surface area contributed by atoms with Gasteiger partial charge in [-0.3, -0.25) is 4.79 Å². The Balaban J connectivity index is 1.90. The van der Waals surface area contributed by atoms with Gasteiger partial charge in [0.05, 0.1) is 12.2 Å². The topological polar surface area (TPSA) is 60.3 Å². The van der Waals surface area contributed by atoms with E-state index in [1.807, 2.05) is 32.0 Å². The van der Waals surface area contributed by atoms with Crippen molar-refractivity contribution in [3.63, 3.8) is 0 Å². The summed E-state index contributed by atoms with van der Waals surface area (Å²) in [6.45, 7) is 7.24. The molecule has 0 unspecified atom stereocenters. The van der Waals surface area contributed by atoms with Crippen molar-refractivity contribution >= 4 is 28.5 Å². The molecule has 0 fully saturated rings. The summed E-state index contributed by atoms with van der Waals surface area (Å²) in [5.41, 5.74) is 3.71. The van der Waals surface area contributed by atoms with E-state index in [1.54, 1.807) is 24.3 Å². The van der Waals surface area contributed by atoms with E-state index in [1.165, 1.54) is 0 Å². The number of nitrogens with zero attached hydrogens (tertiary/aromatic N) is 1. The Hall–Kier alpha value is -3.08. The number of ether oxygens (including phenoxy) is 1. The molecule has 1 N–H and O–H groups in total. The largest absolute Gasteiger partial charge is 0.462 e. The van der Waals surface area contributed by atoms with Gasteiger partial charge in [-0.1, -0.05) is 44.5 Å². The molecule has 0 aliphatic heterocycles. The molecular weight excluding hydrogens is 364 g/mol. The van der Waals surface area contributed by atoms with Gasteiger partial charge in [0.1, 0.15) is 5.69 Å². The number of esters is 1. The van der Waals surface area contributed by atoms with Crippen molar-refractivity contribution < 1.29 is 14.3 Å². The number of carbonyl (C=O) groups excluding carboxylic acids is 2. The molecule has 1 aromatic heterocycles. The number of carbonyl (C=O) groups is 2. The van der Waals surface area contributed by atoms with E-state index in [2.05, 4.69) is 22.9 Å². The van der Waals surface area contributed by atoms with E-state index >= 15 is 0 Å². The maximum atomic E-state index is 13.2. The number of amides is 1. The molecule has 152 valence electrons. The quantitative estimate of drug-likeness (QED) is 0.510. The summed E-state index contributed by atoms with van der Waals surface area (Å²) in [4.78, 5) is 25.3. The fourth-order valence-corrected chi connectivity index (χ4v) is 3.51. The summed E-state index contributed by atoms with van der Waals surface area (Å²) < 4.78 is 7.29. The first-order valence-electron chi connectivity index (χ1n) is 10.2. The van der Waals surface area contributed by atoms with Gasteiger partial charge in [-0.15, -0.1) is 0 Å². The van der Waals surface area contributed by atoms with E-state index < -0.39 is 0 Å². The average Bonchev–Trinajstić information content (AvgIpc) is 3.02. The van der Waals surface area contributed by atoms with E-state index in [0.717, 1.165) is 42.3 Å². The summed E-state index contributed by atoms with van der Waals surface area (Å²) in [7, 11) is 0. The summed E-state index contributed by atoms with van der Waals surface area (Å²) in [5, 5.41) is 4.05. The third-order valence-electron chi connectivity index (χ3n) is 4.97. The summed E-state index contributed by atoms with van der Waals surface area (Å²) in [6, 6.07) is 15.0. The highest BCUT2D eigenvalue weighted by Crippen LogP contribution is 2.27. The summed E-state index contributed by atoms with van der Waals surface area (Å²) in [5.74, 6) is -0.551. The number of para-hydroxylation sites is 1. The fourth-order valence-electron chi connectivity index (χ4n) is 3.51. The van der Waals surface area contributed by atoms with Crippen LogP contribution in [0.1, 0.15) is 59.5 Å². The minimum absolute atomic E-state index is 0.172. The average molecular weight is 392 g/mol. The highest BCUT2D eigenvalue weighted by Gasteiger charge is 2.20. The van der Waals surface area contributed by atoms with Crippen molar-refractivity contribution in [1.29, 1.82) is 0 Å². The van der Waals surface area contributed by atoms with E-state index in [4.69, 9.17) is 4.74 Å². The maximum Gasteiger partial charge on any atom is 0.338 e. The number of aryl methyl sites for hydroxylation is 2. The lowest BCUT2D eigenvalue weighted by Gasteiger charge is -2.12. The molecule has 5 heteroatoms. The number of unbranched alkanes of at least 4 members (excludes halogenated alkanes) is 1. The molecule has 0 radical (unpaired) electrons. The molecule has 0 aliphatic rings. The van der Waals surface area contributed by atoms with Crippen LogP contribution in [0.5, 0.6) is 0 Å². The molecule has 3 rings (SSSR count). The number of nitrogens with one attached hydrogen (secondary N) is 1. The Labute approximate surface area is 171 Å². The first-order valence-corrected chi connectivity index (χ1v) is 10.2. The molecule has 0 bridgehead atoms. The van der Waals surface area contributed by atoms with Gasteiger partial charge in [-0.2, -0.15) is 0 Å². The van der Waals surface area contributed by atoms with E-state index in [-0.39, 0.29) is 11.9 Å². The highest BCUT2D eigenvalue weighted by molar-refractivity contribution is 6.08. The van der Waals surface area contributed by atoms with Gasteiger partial charge in [0.15, 0.2) is 0 Å². The van der Waals surface area contributed by atoms with E-state index in [9.17, 15) is 9.59 Å². The molecule has 0 saturated heterocycles. The van der Waals surface area contributed by atoms with Crippen LogP contribution in [0.25, 0.3) is 10.9 Å². The number of rotatable bonds is 8. The molecule has 2 aromatic carbocycles. The second-order valence-corrected chi connectivity index (χ2v) is 7.17. The Morgan fingerprint density at radius 1 is 1.03 bits per heavy atom. The molecule has 1 heterocycles. The van der Waals surface area contributed by atoms with Gasteiger partial charge in [-0.05, 0) is 49.6 Å². The fraction of sp³-hybridized carbons (Fsp3) is 0.333. The zero-order valence-corrected chi connectivity index (χ0v) is 17.3. The minimum Gasteiger partial charge on any atom is -0.462 e. The number of aromatic nitrogens is 1. The number of anilines is 1. The smallest absolute Gasteiger partial charge is 0.338 e. The van der Waals surface area contributed by atoms with Crippen LogP contribution in [0, 0.1) is 6.92 Å². The lowest BCUT2D eigenvalue weighted by atomic mass is 10.1. The number of hydrogen-bond acceptors (Lipinski definition) is 3. The number of benzene rings is 2. The van der Waals surface area contributed by atoms with Crippen LogP contribution in [0.3, 0.4) is 0 Å². The van der Waals surface area contributed by atoms with Gasteiger partial charge in [0, 0.05) is 23.1 Å². The third kappa shape index (κ3) is 4.50. The molecule has 3 aromatic rings. The van der Waals surface area contributed by atoms with Gasteiger partial charge in [0.2, 0.25) is 0 Å². The summed E-state index contributed by atoms with van der Waals surface area (Å²) >= 11 is 0. The molecular formula is C24H28N2O3. The van der Waals surface area contributed by atoms with Gasteiger partial charge in [0.25, 0.3) is 5.91 Å². The molecule has 5 nitrogen and oxygen atoms in total. The molecule has 0 spiro atoms. The second-order valence-electron chi connectivity index (χ2n) is 7.17. The minimum atomic E-state index is -0.379. The lowest BCUT2D eigenvalue weighted by Crippen LogP contribution is -2.18. The SMILES string of the molecule is CCCCn1c(C(=O)Nc2cccc(C(=O)OCCC)c2)c(C)c2ccccc21. The van der Waals surface area contributed by atoms with Crippen LogP contribution in [-0.4, -0.2) is 23.1 Å². The normalized spacial score (nSPS) is 10.9. The highest BCUT2D eigenvalue weighted by atomic mass is 16.5. The molecule has 0 atom stereocenters. The van der Waals surface area contributed by atoms with Crippen LogP contribution in [-0.2, 0) is 11.3 Å². The Morgan fingerprint density at radius 2 is 1.83 bits per heavy atom. The predicted octanol–water partition coefficient (Wildman–Crippen LogP) is 5.57. The van der Waals surface area contributed by atoms with Crippen molar-refractivity contribution in [2.24, 2.45) is 0 Å². The van der Waals surface area contributed by atoms with Crippen LogP contribution in [0.2, 0.25) is 0 Å². The van der Waals surface area contributed by atoms with E-state index in [0.29, 0.717) is 23.6 Å². The molecule has 0 saturated carbocycles. The standard InChI is InChI=1S/C24H28N2O3/c1-4-6-14-26-21-13-8-7-12-20(21)17(3)22(26)23(27)25-19-11-9-10-18(16-19)24(28)29-15-5-2/h7-13,16H,4-6,14-15H2,1-3H3,(H,25,27). The van der Waals surface area contributed by atoms with Crippen molar-refractivity contribution in [2.75, 3.05) is 11.9 Å². The predicted molar refractivity (Wildman–Crippen MR) is 117 cm³/mol. The molecule has 29 heavy (non-hydrogen) atoms. The van der Waals surface area contributed by atoms with Crippen LogP contribution in [0.15, 0.2) is 48.5 Å². The van der Waals surface area contributed by atoms with Crippen LogP contribution >= 0.6 is 0 Å². The lowest BCUT2D eigenvalue weighted by molar-refractivity contribution is 0.0505. The summed E-state index contributed by atoms with van der Waals surface area (Å²) in [6.07, 6.45) is 2.81. The van der Waals surface area contributed by atoms with Gasteiger partial charge in [-0.25, -0.2) is 4.79 Å². The number of hydrogen-bond donors (Lipinski definition) is 1.